The molecule has 10 rings (SSSR count). The maximum atomic E-state index is 6.28. The Kier molecular flexibility index (Phi) is 6.70. The highest BCUT2D eigenvalue weighted by atomic mass is 16.3. The van der Waals surface area contributed by atoms with Crippen molar-refractivity contribution in [3.63, 3.8) is 0 Å². The van der Waals surface area contributed by atoms with Gasteiger partial charge in [-0.15, -0.1) is 0 Å². The number of hydrogen-bond donors (Lipinski definition) is 0. The number of para-hydroxylation sites is 1. The third-order valence-corrected chi connectivity index (χ3v) is 9.31. The monoisotopic (exact) mass is 653 g/mol. The molecule has 3 heterocycles. The third-order valence-electron chi connectivity index (χ3n) is 9.31. The van der Waals surface area contributed by atoms with Gasteiger partial charge in [-0.1, -0.05) is 121 Å². The van der Waals surface area contributed by atoms with Crippen molar-refractivity contribution < 1.29 is 4.42 Å². The Balaban J connectivity index is 1.11. The number of fused-ring (bicyclic) bond motifs is 6. The predicted molar refractivity (Wildman–Crippen MR) is 205 cm³/mol. The largest absolute Gasteiger partial charge is 0.436 e. The van der Waals surface area contributed by atoms with Crippen molar-refractivity contribution in [3.8, 4) is 56.9 Å². The highest BCUT2D eigenvalue weighted by molar-refractivity contribution is 6.21. The van der Waals surface area contributed by atoms with Gasteiger partial charge in [0.05, 0.1) is 11.2 Å². The van der Waals surface area contributed by atoms with Crippen LogP contribution in [0.15, 0.2) is 168 Å². The second-order valence-corrected chi connectivity index (χ2v) is 12.5. The van der Waals surface area contributed by atoms with Crippen LogP contribution in [-0.4, -0.2) is 24.9 Å². The molecule has 51 heavy (non-hydrogen) atoms. The van der Waals surface area contributed by atoms with Crippen molar-refractivity contribution >= 4 is 43.5 Å². The van der Waals surface area contributed by atoms with E-state index < -0.39 is 0 Å². The lowest BCUT2D eigenvalue weighted by Gasteiger charge is -2.12. The van der Waals surface area contributed by atoms with Gasteiger partial charge in [0, 0.05) is 44.0 Å². The summed E-state index contributed by atoms with van der Waals surface area (Å²) >= 11 is 0. The maximum absolute atomic E-state index is 6.28. The molecule has 0 saturated carbocycles. The molecule has 0 aliphatic carbocycles. The molecule has 0 saturated heterocycles. The van der Waals surface area contributed by atoms with Gasteiger partial charge in [0.2, 0.25) is 5.89 Å². The average Bonchev–Trinajstić information content (AvgIpc) is 3.66. The fourth-order valence-corrected chi connectivity index (χ4v) is 6.82. The Morgan fingerprint density at radius 3 is 1.59 bits per heavy atom. The molecule has 0 amide bonds. The summed E-state index contributed by atoms with van der Waals surface area (Å²) in [5.41, 5.74) is 8.16. The fourth-order valence-electron chi connectivity index (χ4n) is 6.82. The summed E-state index contributed by atoms with van der Waals surface area (Å²) in [6.07, 6.45) is 0. The molecule has 6 nitrogen and oxygen atoms in total. The van der Waals surface area contributed by atoms with Crippen molar-refractivity contribution in [2.45, 2.75) is 0 Å². The van der Waals surface area contributed by atoms with Crippen LogP contribution >= 0.6 is 0 Å². The lowest BCUT2D eigenvalue weighted by molar-refractivity contribution is 0.620. The van der Waals surface area contributed by atoms with Gasteiger partial charge < -0.3 is 4.42 Å². The van der Waals surface area contributed by atoms with Crippen LogP contribution in [0, 0.1) is 0 Å². The summed E-state index contributed by atoms with van der Waals surface area (Å²) in [5, 5.41) is 5.27. The smallest absolute Gasteiger partial charge is 0.227 e. The number of rotatable bonds is 5. The van der Waals surface area contributed by atoms with Crippen molar-refractivity contribution in [2.75, 3.05) is 0 Å². The predicted octanol–water partition coefficient (Wildman–Crippen LogP) is 11.2. The van der Waals surface area contributed by atoms with E-state index in [1.165, 1.54) is 0 Å². The van der Waals surface area contributed by atoms with E-state index >= 15 is 0 Å². The molecule has 0 fully saturated rings. The number of nitrogens with zero attached hydrogens (tertiary/aromatic N) is 5. The summed E-state index contributed by atoms with van der Waals surface area (Å²) in [7, 11) is 0. The SMILES string of the molecule is c1ccc(-c2nc(-c3ccccc3)nc(-c3ccc4cc(-c5nc6ccccc6c6c5ccc5oc(-c7ccccc7)nc56)ccc4c3)n2)cc1. The summed E-state index contributed by atoms with van der Waals surface area (Å²) in [6, 6.07) is 55.3. The molecular weight excluding hydrogens is 627 g/mol. The molecule has 0 radical (unpaired) electrons. The first-order chi connectivity index (χ1) is 25.2. The standard InChI is InChI=1S/C45H27N5O/c1-4-12-28(13-5-1)42-48-43(29-14-6-2-7-15-29)50-44(49-42)34-23-21-31-26-33(22-20-32(31)27-34)40-36-24-25-38-41(39(36)35-18-10-11-19-37(35)46-40)47-45(51-38)30-16-8-3-9-17-30/h1-27H. The molecule has 0 aliphatic rings. The van der Waals surface area contributed by atoms with Crippen LogP contribution in [-0.2, 0) is 0 Å². The van der Waals surface area contributed by atoms with E-state index in [1.54, 1.807) is 0 Å². The zero-order chi connectivity index (χ0) is 33.7. The van der Waals surface area contributed by atoms with Gasteiger partial charge in [-0.05, 0) is 53.2 Å². The zero-order valence-electron chi connectivity index (χ0n) is 27.2. The molecule has 6 heteroatoms. The van der Waals surface area contributed by atoms with E-state index in [0.717, 1.165) is 77.1 Å². The van der Waals surface area contributed by atoms with E-state index in [9.17, 15) is 0 Å². The number of hydrogen-bond acceptors (Lipinski definition) is 6. The second-order valence-electron chi connectivity index (χ2n) is 12.5. The van der Waals surface area contributed by atoms with Gasteiger partial charge in [-0.25, -0.2) is 24.9 Å². The topological polar surface area (TPSA) is 77.6 Å². The molecule has 0 unspecified atom stereocenters. The van der Waals surface area contributed by atoms with Gasteiger partial charge in [-0.3, -0.25) is 0 Å². The Labute approximate surface area is 292 Å². The summed E-state index contributed by atoms with van der Waals surface area (Å²) in [5.74, 6) is 2.51. The first-order valence-electron chi connectivity index (χ1n) is 16.8. The lowest BCUT2D eigenvalue weighted by atomic mass is 9.97. The Hall–Kier alpha value is -7.05. The average molecular weight is 654 g/mol. The first kappa shape index (κ1) is 28.9. The highest BCUT2D eigenvalue weighted by Crippen LogP contribution is 2.39. The first-order valence-corrected chi connectivity index (χ1v) is 16.8. The van der Waals surface area contributed by atoms with Crippen molar-refractivity contribution in [1.82, 2.24) is 24.9 Å². The molecule has 0 spiro atoms. The molecule has 0 N–H and O–H groups in total. The number of benzene rings is 7. The maximum Gasteiger partial charge on any atom is 0.227 e. The van der Waals surface area contributed by atoms with E-state index in [4.69, 9.17) is 29.3 Å². The van der Waals surface area contributed by atoms with Crippen LogP contribution in [0.3, 0.4) is 0 Å². The van der Waals surface area contributed by atoms with Crippen LogP contribution in [0.2, 0.25) is 0 Å². The molecule has 10 aromatic rings. The number of aromatic nitrogens is 5. The number of pyridine rings is 1. The molecule has 0 aliphatic heterocycles. The highest BCUT2D eigenvalue weighted by Gasteiger charge is 2.18. The van der Waals surface area contributed by atoms with Gasteiger partial charge in [-0.2, -0.15) is 0 Å². The molecular formula is C45H27N5O. The minimum absolute atomic E-state index is 0.604. The third kappa shape index (κ3) is 5.09. The summed E-state index contributed by atoms with van der Waals surface area (Å²) in [4.78, 5) is 25.0. The quantitative estimate of drug-likeness (QED) is 0.172. The van der Waals surface area contributed by atoms with Gasteiger partial charge in [0.25, 0.3) is 0 Å². The van der Waals surface area contributed by atoms with E-state index in [2.05, 4.69) is 54.6 Å². The van der Waals surface area contributed by atoms with Gasteiger partial charge >= 0.3 is 0 Å². The minimum atomic E-state index is 0.604. The normalized spacial score (nSPS) is 11.5. The molecule has 7 aromatic carbocycles. The summed E-state index contributed by atoms with van der Waals surface area (Å²) in [6.45, 7) is 0. The van der Waals surface area contributed by atoms with Gasteiger partial charge in [0.15, 0.2) is 23.1 Å². The van der Waals surface area contributed by atoms with Crippen molar-refractivity contribution in [1.29, 1.82) is 0 Å². The van der Waals surface area contributed by atoms with Crippen LogP contribution in [0.5, 0.6) is 0 Å². The molecule has 0 atom stereocenters. The Bertz CT molecular complexity index is 2850. The molecule has 0 bridgehead atoms. The molecule has 238 valence electrons. The minimum Gasteiger partial charge on any atom is -0.436 e. The van der Waals surface area contributed by atoms with Gasteiger partial charge in [0.1, 0.15) is 5.52 Å². The van der Waals surface area contributed by atoms with Crippen LogP contribution < -0.4 is 0 Å². The van der Waals surface area contributed by atoms with E-state index in [0.29, 0.717) is 23.4 Å². The zero-order valence-corrected chi connectivity index (χ0v) is 27.2. The van der Waals surface area contributed by atoms with E-state index in [1.807, 2.05) is 109 Å². The lowest BCUT2D eigenvalue weighted by Crippen LogP contribution is -2.00. The van der Waals surface area contributed by atoms with Crippen LogP contribution in [0.25, 0.3) is 100 Å². The van der Waals surface area contributed by atoms with E-state index in [-0.39, 0.29) is 0 Å². The molecule has 3 aromatic heterocycles. The Morgan fingerprint density at radius 2 is 0.922 bits per heavy atom. The van der Waals surface area contributed by atoms with Crippen LogP contribution in [0.1, 0.15) is 0 Å². The Morgan fingerprint density at radius 1 is 0.373 bits per heavy atom. The second kappa shape index (κ2) is 11.8. The number of oxazole rings is 1. The van der Waals surface area contributed by atoms with Crippen molar-refractivity contribution in [3.05, 3.63) is 164 Å². The van der Waals surface area contributed by atoms with Crippen molar-refractivity contribution in [2.24, 2.45) is 0 Å². The summed E-state index contributed by atoms with van der Waals surface area (Å²) < 4.78 is 6.28. The van der Waals surface area contributed by atoms with Crippen LogP contribution in [0.4, 0.5) is 0 Å². The fraction of sp³-hybridized carbons (Fsp3) is 0.